The third kappa shape index (κ3) is 16.8. The molecule has 258 valence electrons. The molecule has 0 bridgehead atoms. The summed E-state index contributed by atoms with van der Waals surface area (Å²) < 4.78 is 12.0. The van der Waals surface area contributed by atoms with E-state index in [9.17, 15) is 30.6 Å². The number of likely N-dealkylation sites (tertiary alicyclic amines) is 2. The maximum atomic E-state index is 12.4. The lowest BCUT2D eigenvalue weighted by Gasteiger charge is -2.38. The Bertz CT molecular complexity index is 748. The van der Waals surface area contributed by atoms with Crippen molar-refractivity contribution in [1.82, 2.24) is 0 Å². The number of hydrogen-bond acceptors (Lipinski definition) is 10. The number of piperidine rings is 2. The summed E-state index contributed by atoms with van der Waals surface area (Å²) in [6, 6.07) is 0. The van der Waals surface area contributed by atoms with Crippen molar-refractivity contribution in [2.24, 2.45) is 10.2 Å². The highest BCUT2D eigenvalue weighted by molar-refractivity contribution is 5.70. The fourth-order valence-corrected chi connectivity index (χ4v) is 6.18. The van der Waals surface area contributed by atoms with E-state index in [1.165, 1.54) is 0 Å². The third-order valence-electron chi connectivity index (χ3n) is 8.55. The maximum Gasteiger partial charge on any atom is 0.131 e. The first kappa shape index (κ1) is 38.8. The molecule has 4 atom stereocenters. The van der Waals surface area contributed by atoms with E-state index in [-0.39, 0.29) is 47.0 Å². The highest BCUT2D eigenvalue weighted by Gasteiger charge is 2.34. The highest BCUT2D eigenvalue weighted by Crippen LogP contribution is 2.22. The van der Waals surface area contributed by atoms with Crippen molar-refractivity contribution in [3.8, 4) is 0 Å². The zero-order valence-corrected chi connectivity index (χ0v) is 27.5. The molecule has 0 aromatic rings. The molecule has 4 unspecified atom stereocenters. The van der Waals surface area contributed by atoms with Crippen molar-refractivity contribution < 1.29 is 49.3 Å². The highest BCUT2D eigenvalue weighted by atomic mass is 16.5. The van der Waals surface area contributed by atoms with Crippen molar-refractivity contribution in [1.29, 1.82) is 0 Å². The first-order valence-electron chi connectivity index (χ1n) is 17.2. The summed E-state index contributed by atoms with van der Waals surface area (Å²) in [7, 11) is 0. The van der Waals surface area contributed by atoms with Gasteiger partial charge in [-0.3, -0.25) is 0 Å². The lowest BCUT2D eigenvalue weighted by atomic mass is 10.1. The Morgan fingerprint density at radius 1 is 0.614 bits per heavy atom. The van der Waals surface area contributed by atoms with E-state index in [0.717, 1.165) is 90.4 Å². The molecule has 2 heterocycles. The van der Waals surface area contributed by atoms with E-state index < -0.39 is 24.4 Å². The zero-order valence-electron chi connectivity index (χ0n) is 27.5. The van der Waals surface area contributed by atoms with Gasteiger partial charge in [0.05, 0.1) is 25.4 Å². The number of unbranched alkanes of at least 4 members (excludes halogenated alkanes) is 3. The fourth-order valence-electron chi connectivity index (χ4n) is 6.18. The van der Waals surface area contributed by atoms with Gasteiger partial charge in [-0.25, -0.2) is 0 Å². The minimum Gasteiger partial charge on any atom is -0.858 e. The zero-order chi connectivity index (χ0) is 32.3. The Balaban J connectivity index is 1.58. The Kier molecular flexibility index (Phi) is 18.9. The van der Waals surface area contributed by atoms with E-state index >= 15 is 0 Å². The smallest absolute Gasteiger partial charge is 0.131 e. The average molecular weight is 631 g/mol. The van der Waals surface area contributed by atoms with E-state index in [1.54, 1.807) is 13.8 Å². The number of quaternary nitrogens is 2. The summed E-state index contributed by atoms with van der Waals surface area (Å²) in [4.78, 5) is 0. The van der Waals surface area contributed by atoms with Gasteiger partial charge in [-0.2, -0.15) is 9.18 Å². The van der Waals surface area contributed by atoms with Gasteiger partial charge in [0.25, 0.3) is 0 Å². The molecule has 2 aliphatic heterocycles. The number of rotatable bonds is 23. The monoisotopic (exact) mass is 630 g/mol. The van der Waals surface area contributed by atoms with Crippen molar-refractivity contribution in [3.63, 3.8) is 0 Å². The molecule has 0 aromatic heterocycles. The van der Waals surface area contributed by atoms with Crippen LogP contribution in [0.15, 0.2) is 10.2 Å². The van der Waals surface area contributed by atoms with Crippen LogP contribution in [-0.4, -0.2) is 132 Å². The van der Waals surface area contributed by atoms with Crippen LogP contribution in [0, 0.1) is 0 Å². The molecule has 2 fully saturated rings. The molecule has 0 saturated carbocycles. The molecule has 12 heteroatoms. The lowest BCUT2D eigenvalue weighted by Crippen LogP contribution is -2.53. The van der Waals surface area contributed by atoms with Crippen LogP contribution in [0.4, 0.5) is 0 Å². The van der Waals surface area contributed by atoms with E-state index in [2.05, 4.69) is 10.2 Å². The van der Waals surface area contributed by atoms with E-state index in [4.69, 9.17) is 9.47 Å². The Morgan fingerprint density at radius 2 is 0.977 bits per heavy atom. The van der Waals surface area contributed by atoms with Crippen molar-refractivity contribution >= 4 is 11.8 Å². The molecule has 2 rings (SSSR count). The van der Waals surface area contributed by atoms with Gasteiger partial charge in [0.2, 0.25) is 0 Å². The lowest BCUT2D eigenvalue weighted by molar-refractivity contribution is -0.942. The SMILES string of the molecule is CC(O)CC/C([O-])=N/[N+]1(CC(O)COCCCCCCOCC(O)C[N+]2(/N=C(\[O-])CCC(C)O)CCCCC2)CCCCC1. The van der Waals surface area contributed by atoms with Crippen LogP contribution in [0.5, 0.6) is 0 Å². The summed E-state index contributed by atoms with van der Waals surface area (Å²) in [5.74, 6) is -0.419. The molecule has 4 N–H and O–H groups in total. The molecule has 44 heavy (non-hydrogen) atoms. The van der Waals surface area contributed by atoms with E-state index in [1.807, 2.05) is 0 Å². The number of ether oxygens (including phenoxy) is 2. The average Bonchev–Trinajstić information content (AvgIpc) is 2.96. The van der Waals surface area contributed by atoms with Gasteiger partial charge in [0.15, 0.2) is 0 Å². The van der Waals surface area contributed by atoms with Crippen LogP contribution in [0.25, 0.3) is 0 Å². The fraction of sp³-hybridized carbons (Fsp3) is 0.938. The minimum absolute atomic E-state index is 0.210. The number of aliphatic hydroxyl groups excluding tert-OH is 4. The molecule has 2 saturated heterocycles. The maximum absolute atomic E-state index is 12.4. The van der Waals surface area contributed by atoms with Gasteiger partial charge < -0.3 is 40.1 Å². The van der Waals surface area contributed by atoms with Crippen LogP contribution in [0.1, 0.15) is 104 Å². The van der Waals surface area contributed by atoms with Gasteiger partial charge in [-0.1, -0.05) is 12.8 Å². The normalized spacial score (nSPS) is 22.0. The molecule has 0 spiro atoms. The van der Waals surface area contributed by atoms with Crippen LogP contribution in [0.2, 0.25) is 0 Å². The van der Waals surface area contributed by atoms with Gasteiger partial charge in [-0.05, 0) is 90.9 Å². The Labute approximate surface area is 265 Å². The topological polar surface area (TPSA) is 170 Å². The number of aliphatic hydroxyl groups is 4. The molecule has 0 radical (unpaired) electrons. The van der Waals surface area contributed by atoms with Crippen LogP contribution in [0.3, 0.4) is 0 Å². The molecule has 0 aromatic carbocycles. The second-order valence-electron chi connectivity index (χ2n) is 13.2. The predicted molar refractivity (Wildman–Crippen MR) is 166 cm³/mol. The van der Waals surface area contributed by atoms with Crippen molar-refractivity contribution in [3.05, 3.63) is 0 Å². The first-order chi connectivity index (χ1) is 21.0. The quantitative estimate of drug-likeness (QED) is 0.0560. The molecular formula is C32H62N4O8. The van der Waals surface area contributed by atoms with E-state index in [0.29, 0.717) is 39.1 Å². The second-order valence-corrected chi connectivity index (χ2v) is 13.2. The van der Waals surface area contributed by atoms with Crippen LogP contribution >= 0.6 is 0 Å². The molecule has 2 aliphatic rings. The molecule has 0 aliphatic carbocycles. The Morgan fingerprint density at radius 3 is 1.32 bits per heavy atom. The summed E-state index contributed by atoms with van der Waals surface area (Å²) in [6.45, 7) is 8.61. The first-order valence-corrected chi connectivity index (χ1v) is 17.2. The van der Waals surface area contributed by atoms with Crippen LogP contribution in [-0.2, 0) is 9.47 Å². The second kappa shape index (κ2) is 21.4. The summed E-state index contributed by atoms with van der Waals surface area (Å²) in [6.07, 6.45) is 8.64. The summed E-state index contributed by atoms with van der Waals surface area (Å²) in [5.41, 5.74) is 0. The number of nitrogens with zero attached hydrogens (tertiary/aromatic N) is 4. The van der Waals surface area contributed by atoms with Gasteiger partial charge in [-0.15, -0.1) is 10.2 Å². The largest absolute Gasteiger partial charge is 0.858 e. The van der Waals surface area contributed by atoms with Gasteiger partial charge in [0, 0.05) is 25.0 Å². The molecule has 0 amide bonds. The van der Waals surface area contributed by atoms with Gasteiger partial charge in [0.1, 0.15) is 51.5 Å². The van der Waals surface area contributed by atoms with Crippen molar-refractivity contribution in [2.75, 3.05) is 65.7 Å². The third-order valence-corrected chi connectivity index (χ3v) is 8.55. The predicted octanol–water partition coefficient (Wildman–Crippen LogP) is 0.973. The Hall–Kier alpha value is -1.38. The minimum atomic E-state index is -0.692. The summed E-state index contributed by atoms with van der Waals surface area (Å²) >= 11 is 0. The van der Waals surface area contributed by atoms with Crippen LogP contribution < -0.4 is 10.2 Å². The molecule has 12 nitrogen and oxygen atoms in total. The number of hydrogen-bond donors (Lipinski definition) is 4. The summed E-state index contributed by atoms with van der Waals surface area (Å²) in [5, 5.41) is 73.9. The van der Waals surface area contributed by atoms with Gasteiger partial charge >= 0.3 is 0 Å². The molecular weight excluding hydrogens is 568 g/mol. The standard InChI is InChI=1S/C32H62N4O8/c1-27(37)13-15-31(41)33-35(17-7-5-8-18-35)23-29(39)25-43-21-11-3-4-12-22-44-26-30(40)24-36(19-9-6-10-20-36)34-32(42)16-14-28(2)38/h27-30,37-40H,3-26H2,1-2H3. The van der Waals surface area contributed by atoms with Crippen molar-refractivity contribution in [2.45, 2.75) is 128 Å².